The Kier molecular flexibility index (Phi) is 5.34. The zero-order valence-electron chi connectivity index (χ0n) is 9.99. The standard InChI is InChI=1S/C13H22OS/c1-4-6-11(7-5-2)13(14)12-9-8-10(3)15-12/h8-9,11,13-14H,4-7H2,1-3H3. The minimum absolute atomic E-state index is 0.247. The molecule has 0 spiro atoms. The van der Waals surface area contributed by atoms with Crippen LogP contribution in [0.4, 0.5) is 0 Å². The van der Waals surface area contributed by atoms with Crippen molar-refractivity contribution in [3.63, 3.8) is 0 Å². The molecule has 1 rings (SSSR count). The molecule has 15 heavy (non-hydrogen) atoms. The highest BCUT2D eigenvalue weighted by Crippen LogP contribution is 2.33. The van der Waals surface area contributed by atoms with Crippen LogP contribution in [0.5, 0.6) is 0 Å². The van der Waals surface area contributed by atoms with Gasteiger partial charge in [-0.15, -0.1) is 11.3 Å². The molecule has 1 atom stereocenters. The van der Waals surface area contributed by atoms with Crippen molar-refractivity contribution in [2.75, 3.05) is 0 Å². The molecule has 1 unspecified atom stereocenters. The molecule has 0 aromatic carbocycles. The van der Waals surface area contributed by atoms with E-state index in [9.17, 15) is 5.11 Å². The predicted octanol–water partition coefficient (Wildman–Crippen LogP) is 4.31. The van der Waals surface area contributed by atoms with Gasteiger partial charge in [-0.3, -0.25) is 0 Å². The summed E-state index contributed by atoms with van der Waals surface area (Å²) in [5, 5.41) is 10.3. The van der Waals surface area contributed by atoms with Crippen molar-refractivity contribution in [2.24, 2.45) is 5.92 Å². The van der Waals surface area contributed by atoms with Crippen LogP contribution in [0, 0.1) is 12.8 Å². The molecule has 0 aliphatic heterocycles. The second-order valence-electron chi connectivity index (χ2n) is 4.23. The van der Waals surface area contributed by atoms with E-state index in [4.69, 9.17) is 0 Å². The molecule has 2 heteroatoms. The van der Waals surface area contributed by atoms with E-state index >= 15 is 0 Å². The van der Waals surface area contributed by atoms with Gasteiger partial charge < -0.3 is 5.11 Å². The Morgan fingerprint density at radius 2 is 1.80 bits per heavy atom. The zero-order valence-corrected chi connectivity index (χ0v) is 10.8. The summed E-state index contributed by atoms with van der Waals surface area (Å²) in [6, 6.07) is 4.17. The van der Waals surface area contributed by atoms with Gasteiger partial charge in [0.05, 0.1) is 6.10 Å². The van der Waals surface area contributed by atoms with E-state index in [0.29, 0.717) is 5.92 Å². The first-order chi connectivity index (χ1) is 7.19. The van der Waals surface area contributed by atoms with Gasteiger partial charge in [0.2, 0.25) is 0 Å². The van der Waals surface area contributed by atoms with Crippen LogP contribution < -0.4 is 0 Å². The minimum atomic E-state index is -0.247. The molecule has 1 aromatic rings. The minimum Gasteiger partial charge on any atom is -0.387 e. The van der Waals surface area contributed by atoms with Gasteiger partial charge in [0.25, 0.3) is 0 Å². The molecule has 1 N–H and O–H groups in total. The first-order valence-corrected chi connectivity index (χ1v) is 6.75. The topological polar surface area (TPSA) is 20.2 Å². The molecular formula is C13H22OS. The Hall–Kier alpha value is -0.340. The van der Waals surface area contributed by atoms with Crippen LogP contribution in [0.2, 0.25) is 0 Å². The van der Waals surface area contributed by atoms with Gasteiger partial charge in [-0.1, -0.05) is 26.7 Å². The normalized spacial score (nSPS) is 13.4. The third-order valence-electron chi connectivity index (χ3n) is 2.82. The molecule has 1 heterocycles. The smallest absolute Gasteiger partial charge is 0.0910 e. The molecule has 0 aliphatic carbocycles. The van der Waals surface area contributed by atoms with Crippen LogP contribution >= 0.6 is 11.3 Å². The second-order valence-corrected chi connectivity index (χ2v) is 5.55. The van der Waals surface area contributed by atoms with E-state index in [1.165, 1.54) is 4.88 Å². The summed E-state index contributed by atoms with van der Waals surface area (Å²) in [5.41, 5.74) is 0. The first kappa shape index (κ1) is 12.7. The average Bonchev–Trinajstić information content (AvgIpc) is 2.63. The molecule has 0 aliphatic rings. The van der Waals surface area contributed by atoms with Crippen molar-refractivity contribution in [3.05, 3.63) is 21.9 Å². The highest BCUT2D eigenvalue weighted by molar-refractivity contribution is 7.12. The summed E-state index contributed by atoms with van der Waals surface area (Å²) in [7, 11) is 0. The molecule has 0 saturated heterocycles. The van der Waals surface area contributed by atoms with Gasteiger partial charge in [-0.25, -0.2) is 0 Å². The van der Waals surface area contributed by atoms with Crippen LogP contribution in [0.25, 0.3) is 0 Å². The number of thiophene rings is 1. The number of hydrogen-bond acceptors (Lipinski definition) is 2. The van der Waals surface area contributed by atoms with Crippen molar-refractivity contribution in [2.45, 2.75) is 52.6 Å². The number of rotatable bonds is 6. The van der Waals surface area contributed by atoms with E-state index < -0.39 is 0 Å². The molecule has 0 radical (unpaired) electrons. The van der Waals surface area contributed by atoms with E-state index in [0.717, 1.165) is 30.6 Å². The van der Waals surface area contributed by atoms with Crippen LogP contribution in [0.3, 0.4) is 0 Å². The van der Waals surface area contributed by atoms with Crippen molar-refractivity contribution in [1.29, 1.82) is 0 Å². The van der Waals surface area contributed by atoms with Crippen LogP contribution in [-0.2, 0) is 0 Å². The predicted molar refractivity (Wildman–Crippen MR) is 67.3 cm³/mol. The fourth-order valence-corrected chi connectivity index (χ4v) is 3.00. The Bertz CT molecular complexity index is 274. The van der Waals surface area contributed by atoms with Crippen molar-refractivity contribution in [3.8, 4) is 0 Å². The second kappa shape index (κ2) is 6.29. The van der Waals surface area contributed by atoms with Crippen LogP contribution in [0.15, 0.2) is 12.1 Å². The fraction of sp³-hybridized carbons (Fsp3) is 0.692. The summed E-state index contributed by atoms with van der Waals surface area (Å²) < 4.78 is 0. The summed E-state index contributed by atoms with van der Waals surface area (Å²) in [6.07, 6.45) is 4.33. The zero-order chi connectivity index (χ0) is 11.3. The molecule has 86 valence electrons. The van der Waals surface area contributed by atoms with Gasteiger partial charge in [-0.2, -0.15) is 0 Å². The third-order valence-corrected chi connectivity index (χ3v) is 3.89. The van der Waals surface area contributed by atoms with E-state index in [2.05, 4.69) is 32.9 Å². The van der Waals surface area contributed by atoms with Crippen molar-refractivity contribution < 1.29 is 5.11 Å². The lowest BCUT2D eigenvalue weighted by atomic mass is 9.91. The SMILES string of the molecule is CCCC(CCC)C(O)c1ccc(C)s1. The summed E-state index contributed by atoms with van der Waals surface area (Å²) in [5.74, 6) is 0.443. The Balaban J connectivity index is 2.66. The van der Waals surface area contributed by atoms with E-state index in [1.807, 2.05) is 0 Å². The Morgan fingerprint density at radius 1 is 1.20 bits per heavy atom. The van der Waals surface area contributed by atoms with Crippen molar-refractivity contribution in [1.82, 2.24) is 0 Å². The largest absolute Gasteiger partial charge is 0.387 e. The van der Waals surface area contributed by atoms with Crippen LogP contribution in [-0.4, -0.2) is 5.11 Å². The van der Waals surface area contributed by atoms with Gasteiger partial charge in [0, 0.05) is 9.75 Å². The molecular weight excluding hydrogens is 204 g/mol. The maximum absolute atomic E-state index is 10.3. The molecule has 0 amide bonds. The summed E-state index contributed by atoms with van der Waals surface area (Å²) >= 11 is 1.73. The fourth-order valence-electron chi connectivity index (χ4n) is 2.05. The lowest BCUT2D eigenvalue weighted by molar-refractivity contribution is 0.0997. The number of aliphatic hydroxyl groups is 1. The quantitative estimate of drug-likeness (QED) is 0.766. The number of aliphatic hydroxyl groups excluding tert-OH is 1. The monoisotopic (exact) mass is 226 g/mol. The van der Waals surface area contributed by atoms with Gasteiger partial charge in [-0.05, 0) is 37.8 Å². The molecule has 1 aromatic heterocycles. The number of aryl methyl sites for hydroxylation is 1. The van der Waals surface area contributed by atoms with E-state index in [-0.39, 0.29) is 6.10 Å². The lowest BCUT2D eigenvalue weighted by Gasteiger charge is -2.20. The molecule has 1 nitrogen and oxygen atoms in total. The van der Waals surface area contributed by atoms with Gasteiger partial charge in [0.1, 0.15) is 0 Å². The first-order valence-electron chi connectivity index (χ1n) is 5.93. The maximum Gasteiger partial charge on any atom is 0.0910 e. The highest BCUT2D eigenvalue weighted by Gasteiger charge is 2.20. The van der Waals surface area contributed by atoms with Gasteiger partial charge in [0.15, 0.2) is 0 Å². The summed E-state index contributed by atoms with van der Waals surface area (Å²) in [4.78, 5) is 2.43. The molecule has 0 saturated carbocycles. The van der Waals surface area contributed by atoms with Gasteiger partial charge >= 0.3 is 0 Å². The Morgan fingerprint density at radius 3 is 2.20 bits per heavy atom. The van der Waals surface area contributed by atoms with E-state index in [1.54, 1.807) is 11.3 Å². The molecule has 0 fully saturated rings. The highest BCUT2D eigenvalue weighted by atomic mass is 32.1. The van der Waals surface area contributed by atoms with Crippen molar-refractivity contribution >= 4 is 11.3 Å². The molecule has 0 bridgehead atoms. The third kappa shape index (κ3) is 3.62. The average molecular weight is 226 g/mol. The summed E-state index contributed by atoms with van der Waals surface area (Å²) in [6.45, 7) is 6.47. The maximum atomic E-state index is 10.3. The Labute approximate surface area is 97.2 Å². The lowest BCUT2D eigenvalue weighted by Crippen LogP contribution is -2.11. The van der Waals surface area contributed by atoms with Crippen LogP contribution in [0.1, 0.15) is 55.4 Å². The number of hydrogen-bond donors (Lipinski definition) is 1.